The van der Waals surface area contributed by atoms with Gasteiger partial charge in [-0.1, -0.05) is 42.5 Å². The molecular formula is C55H80N10O9S. The van der Waals surface area contributed by atoms with Gasteiger partial charge in [0.05, 0.1) is 10.9 Å². The summed E-state index contributed by atoms with van der Waals surface area (Å²) < 4.78 is 36.4. The lowest BCUT2D eigenvalue weighted by Crippen LogP contribution is -2.67. The summed E-state index contributed by atoms with van der Waals surface area (Å²) in [4.78, 5) is 92.2. The van der Waals surface area contributed by atoms with Gasteiger partial charge < -0.3 is 47.3 Å². The van der Waals surface area contributed by atoms with E-state index in [1.54, 1.807) is 26.0 Å². The lowest BCUT2D eigenvalue weighted by atomic mass is 9.75. The zero-order chi connectivity index (χ0) is 54.7. The van der Waals surface area contributed by atoms with Crippen molar-refractivity contribution in [3.05, 3.63) is 83.5 Å². The number of fused-ring (bicyclic) bond motifs is 1. The van der Waals surface area contributed by atoms with Crippen molar-refractivity contribution >= 4 is 51.4 Å². The SMILES string of the molecule is C=CCCCNC(=O)[C@@H]1CCCN1C(=O)[C@H](CCCN=C(N)NS(=O)(=O)c1c(C)c(C)c2c(c1C)CC(C)(C)O2)NC(=O)C1(NC(=O)[C@@H]2CCCN2C(=O)[C@H](Cc2ccccc2)NC(=O)[C@@H](N)CCCC=C)CCC1. The zero-order valence-electron chi connectivity index (χ0n) is 44.6. The summed E-state index contributed by atoms with van der Waals surface area (Å²) >= 11 is 0. The summed E-state index contributed by atoms with van der Waals surface area (Å²) in [6.45, 7) is 17.6. The number of hydrogen-bond donors (Lipinski definition) is 7. The molecule has 6 rings (SSSR count). The van der Waals surface area contributed by atoms with Crippen LogP contribution in [-0.4, -0.2) is 127 Å². The molecule has 5 atom stereocenters. The number of rotatable bonds is 25. The summed E-state index contributed by atoms with van der Waals surface area (Å²) in [6.07, 6.45) is 10.6. The Morgan fingerprint density at radius 3 is 2.08 bits per heavy atom. The minimum atomic E-state index is -4.19. The molecule has 6 amide bonds. The van der Waals surface area contributed by atoms with Crippen LogP contribution in [0.5, 0.6) is 5.75 Å². The van der Waals surface area contributed by atoms with Gasteiger partial charge in [0.25, 0.3) is 10.0 Å². The number of benzene rings is 2. The third kappa shape index (κ3) is 14.2. The molecule has 75 heavy (non-hydrogen) atoms. The van der Waals surface area contributed by atoms with Gasteiger partial charge in [0.15, 0.2) is 0 Å². The number of nitrogens with zero attached hydrogens (tertiary/aromatic N) is 3. The van der Waals surface area contributed by atoms with Crippen molar-refractivity contribution in [2.24, 2.45) is 16.5 Å². The molecule has 410 valence electrons. The number of allylic oxidation sites excluding steroid dienone is 2. The van der Waals surface area contributed by atoms with Crippen LogP contribution in [0, 0.1) is 20.8 Å². The molecule has 3 heterocycles. The van der Waals surface area contributed by atoms with E-state index < -0.39 is 80.9 Å². The molecular weight excluding hydrogens is 977 g/mol. The van der Waals surface area contributed by atoms with Crippen molar-refractivity contribution in [1.29, 1.82) is 0 Å². The first-order chi connectivity index (χ1) is 35.6. The van der Waals surface area contributed by atoms with Crippen molar-refractivity contribution in [3.63, 3.8) is 0 Å². The molecule has 2 aromatic rings. The fourth-order valence-electron chi connectivity index (χ4n) is 10.7. The third-order valence-electron chi connectivity index (χ3n) is 15.1. The topological polar surface area (TPSA) is 277 Å². The molecule has 0 unspecified atom stereocenters. The van der Waals surface area contributed by atoms with Crippen LogP contribution in [0.2, 0.25) is 0 Å². The van der Waals surface area contributed by atoms with Crippen molar-refractivity contribution < 1.29 is 41.9 Å². The number of amides is 6. The van der Waals surface area contributed by atoms with E-state index in [1.807, 2.05) is 51.1 Å². The van der Waals surface area contributed by atoms with Gasteiger partial charge in [-0.3, -0.25) is 33.8 Å². The highest BCUT2D eigenvalue weighted by Crippen LogP contribution is 2.44. The standard InChI is InChI=1S/C55H80N10O9S/c1-8-10-13-23-40(56)47(66)60-42(33-38-21-14-12-15-22-38)51(70)65-32-19-26-44(65)49(68)62-55(27-20-28-55)52(71)61-41(50(69)64-31-18-25-43(64)48(67)58-29-16-11-9-2)24-17-30-59-53(57)63-75(72,73)46-36(4)35(3)45-39(37(46)5)34-54(6,7)74-45/h8-9,12,14-15,21-22,40-44H,1-2,10-11,13,16-20,23-34,56H2,3-7H3,(H,58,67)(H,60,66)(H,61,71)(H,62,68)(H3,57,59,63)/t40-,41-,42-,43-,44-/m0/s1. The van der Waals surface area contributed by atoms with Crippen molar-refractivity contribution in [2.45, 2.75) is 184 Å². The van der Waals surface area contributed by atoms with Gasteiger partial charge in [0.1, 0.15) is 41.1 Å². The molecule has 20 heteroatoms. The third-order valence-corrected chi connectivity index (χ3v) is 16.7. The summed E-state index contributed by atoms with van der Waals surface area (Å²) in [6, 6.07) is 4.53. The van der Waals surface area contributed by atoms with E-state index in [4.69, 9.17) is 16.2 Å². The van der Waals surface area contributed by atoms with E-state index in [0.29, 0.717) is 94.1 Å². The second kappa shape index (κ2) is 25.5. The van der Waals surface area contributed by atoms with Crippen LogP contribution >= 0.6 is 0 Å². The average molecular weight is 1060 g/mol. The summed E-state index contributed by atoms with van der Waals surface area (Å²) in [5, 5.41) is 11.7. The molecule has 1 saturated carbocycles. The largest absolute Gasteiger partial charge is 0.487 e. The number of unbranched alkanes of at least 4 members (excludes halogenated alkanes) is 2. The monoisotopic (exact) mass is 1060 g/mol. The molecule has 9 N–H and O–H groups in total. The van der Waals surface area contributed by atoms with Crippen LogP contribution in [0.1, 0.15) is 132 Å². The number of ether oxygens (including phenoxy) is 1. The predicted molar refractivity (Wildman–Crippen MR) is 288 cm³/mol. The Hall–Kier alpha value is -6.28. The minimum Gasteiger partial charge on any atom is -0.487 e. The molecule has 3 aliphatic heterocycles. The number of carbonyl (C=O) groups excluding carboxylic acids is 6. The highest BCUT2D eigenvalue weighted by atomic mass is 32.2. The highest BCUT2D eigenvalue weighted by molar-refractivity contribution is 7.90. The van der Waals surface area contributed by atoms with Crippen LogP contribution in [0.15, 0.2) is 65.5 Å². The maximum Gasteiger partial charge on any atom is 0.264 e. The minimum absolute atomic E-state index is 0.0230. The van der Waals surface area contributed by atoms with E-state index >= 15 is 0 Å². The van der Waals surface area contributed by atoms with Crippen LogP contribution in [0.4, 0.5) is 0 Å². The molecule has 1 aliphatic carbocycles. The first kappa shape index (κ1) is 58.0. The number of sulfonamides is 1. The fourth-order valence-corrected chi connectivity index (χ4v) is 12.2. The molecule has 0 spiro atoms. The van der Waals surface area contributed by atoms with Crippen molar-refractivity contribution in [3.8, 4) is 5.75 Å². The van der Waals surface area contributed by atoms with Gasteiger partial charge in [-0.05, 0) is 147 Å². The smallest absolute Gasteiger partial charge is 0.264 e. The van der Waals surface area contributed by atoms with Crippen molar-refractivity contribution in [2.75, 3.05) is 26.2 Å². The number of guanidine groups is 1. The average Bonchev–Trinajstić information content (AvgIpc) is 4.13. The summed E-state index contributed by atoms with van der Waals surface area (Å²) in [5.74, 6) is -2.45. The molecule has 2 saturated heterocycles. The first-order valence-electron chi connectivity index (χ1n) is 26.6. The Morgan fingerprint density at radius 2 is 1.45 bits per heavy atom. The summed E-state index contributed by atoms with van der Waals surface area (Å²) in [7, 11) is -4.19. The van der Waals surface area contributed by atoms with Crippen LogP contribution < -0.4 is 42.2 Å². The van der Waals surface area contributed by atoms with E-state index in [-0.39, 0.29) is 68.5 Å². The molecule has 0 aromatic heterocycles. The van der Waals surface area contributed by atoms with Gasteiger partial charge >= 0.3 is 0 Å². The lowest BCUT2D eigenvalue weighted by molar-refractivity contribution is -0.146. The number of carbonyl (C=O) groups is 6. The maximum absolute atomic E-state index is 14.6. The van der Waals surface area contributed by atoms with Gasteiger partial charge in [-0.25, -0.2) is 13.1 Å². The molecule has 2 aromatic carbocycles. The second-order valence-corrected chi connectivity index (χ2v) is 22.8. The van der Waals surface area contributed by atoms with Gasteiger partial charge in [0.2, 0.25) is 41.4 Å². The number of likely N-dealkylation sites (tertiary alicyclic amines) is 2. The Balaban J connectivity index is 1.17. The highest BCUT2D eigenvalue weighted by Gasteiger charge is 2.50. The molecule has 3 fully saturated rings. The quantitative estimate of drug-likeness (QED) is 0.0326. The number of nitrogens with one attached hydrogen (secondary N) is 5. The zero-order valence-corrected chi connectivity index (χ0v) is 45.4. The predicted octanol–water partition coefficient (Wildman–Crippen LogP) is 3.70. The normalized spacial score (nSPS) is 19.8. The van der Waals surface area contributed by atoms with Crippen LogP contribution in [-0.2, 0) is 51.6 Å². The lowest BCUT2D eigenvalue weighted by Gasteiger charge is -2.43. The van der Waals surface area contributed by atoms with E-state index in [2.05, 4.69) is 44.1 Å². The van der Waals surface area contributed by atoms with E-state index in [0.717, 1.165) is 16.7 Å². The number of aliphatic imine (C=N–C) groups is 1. The fraction of sp³-hybridized carbons (Fsp3) is 0.582. The van der Waals surface area contributed by atoms with Crippen LogP contribution in [0.3, 0.4) is 0 Å². The molecule has 0 bridgehead atoms. The van der Waals surface area contributed by atoms with Gasteiger partial charge in [-0.2, -0.15) is 0 Å². The number of hydrogen-bond acceptors (Lipinski definition) is 11. The van der Waals surface area contributed by atoms with Crippen molar-refractivity contribution in [1.82, 2.24) is 35.8 Å². The molecule has 4 aliphatic rings. The second-order valence-electron chi connectivity index (χ2n) is 21.2. The summed E-state index contributed by atoms with van der Waals surface area (Å²) in [5.41, 5.74) is 14.0. The van der Waals surface area contributed by atoms with E-state index in [9.17, 15) is 37.2 Å². The number of nitrogens with two attached hydrogens (primary N) is 2. The van der Waals surface area contributed by atoms with Crippen LogP contribution in [0.25, 0.3) is 0 Å². The maximum atomic E-state index is 14.6. The molecule has 19 nitrogen and oxygen atoms in total. The van der Waals surface area contributed by atoms with Gasteiger partial charge in [-0.15, -0.1) is 13.2 Å². The van der Waals surface area contributed by atoms with E-state index in [1.165, 1.54) is 9.80 Å². The Labute approximate surface area is 442 Å². The first-order valence-corrected chi connectivity index (χ1v) is 28.1. The Morgan fingerprint density at radius 1 is 0.827 bits per heavy atom. The molecule has 0 radical (unpaired) electrons. The Bertz CT molecular complexity index is 2600. The Kier molecular flexibility index (Phi) is 19.7. The van der Waals surface area contributed by atoms with Gasteiger partial charge in [0, 0.05) is 44.6 Å².